The Hall–Kier alpha value is -5.09. The Morgan fingerprint density at radius 2 is 0.740 bits per heavy atom. The van der Waals surface area contributed by atoms with Crippen LogP contribution in [-0.4, -0.2) is 82.3 Å². The van der Waals surface area contributed by atoms with Gasteiger partial charge in [-0.2, -0.15) is 0 Å². The number of likely N-dealkylation sites (N-methyl/N-ethyl adjacent to an activating group) is 1. The van der Waals surface area contributed by atoms with Gasteiger partial charge in [-0.05, 0) is 122 Å². The van der Waals surface area contributed by atoms with Crippen LogP contribution < -0.4 is 5.11 Å². The molecule has 2 atom stereocenters. The highest BCUT2D eigenvalue weighted by Crippen LogP contribution is 2.11. The van der Waals surface area contributed by atoms with Crippen LogP contribution in [0, 0.1) is 0 Å². The van der Waals surface area contributed by atoms with Crippen LogP contribution in [0.3, 0.4) is 0 Å². The molecule has 0 aromatic heterocycles. The van der Waals surface area contributed by atoms with Crippen molar-refractivity contribution < 1.29 is 42.9 Å². The molecule has 0 radical (unpaired) electrons. The quantitative estimate of drug-likeness (QED) is 0.0195. The zero-order valence-corrected chi connectivity index (χ0v) is 46.2. The van der Waals surface area contributed by atoms with Crippen LogP contribution in [0.5, 0.6) is 0 Å². The van der Waals surface area contributed by atoms with E-state index in [0.717, 1.165) is 128 Å². The minimum atomic E-state index is -1.65. The van der Waals surface area contributed by atoms with Gasteiger partial charge < -0.3 is 33.3 Å². The second-order valence-corrected chi connectivity index (χ2v) is 18.8. The second-order valence-electron chi connectivity index (χ2n) is 18.8. The molecule has 9 nitrogen and oxygen atoms in total. The Labute approximate surface area is 444 Å². The highest BCUT2D eigenvalue weighted by molar-refractivity contribution is 5.70. The van der Waals surface area contributed by atoms with Gasteiger partial charge in [-0.3, -0.25) is 9.59 Å². The molecule has 0 aromatic carbocycles. The minimum Gasteiger partial charge on any atom is -0.545 e. The number of quaternary nitrogens is 1. The minimum absolute atomic E-state index is 0.125. The zero-order chi connectivity index (χ0) is 53.4. The highest BCUT2D eigenvalue weighted by atomic mass is 16.7. The van der Waals surface area contributed by atoms with Crippen LogP contribution in [0.2, 0.25) is 0 Å². The van der Waals surface area contributed by atoms with Crippen molar-refractivity contribution in [3.8, 4) is 0 Å². The summed E-state index contributed by atoms with van der Waals surface area (Å²) in [4.78, 5) is 37.2. The summed E-state index contributed by atoms with van der Waals surface area (Å²) in [5, 5.41) is 11.8. The van der Waals surface area contributed by atoms with Gasteiger partial charge in [-0.1, -0.05) is 191 Å². The summed E-state index contributed by atoms with van der Waals surface area (Å²) in [5.41, 5.74) is 0. The smallest absolute Gasteiger partial charge is 0.306 e. The lowest BCUT2D eigenvalue weighted by molar-refractivity contribution is -0.870. The summed E-state index contributed by atoms with van der Waals surface area (Å²) in [5.74, 6) is -2.40. The number of rotatable bonds is 48. The summed E-state index contributed by atoms with van der Waals surface area (Å²) >= 11 is 0. The summed E-state index contributed by atoms with van der Waals surface area (Å²) in [6.07, 6.45) is 75.7. The molecule has 0 saturated heterocycles. The van der Waals surface area contributed by atoms with E-state index in [4.69, 9.17) is 18.9 Å². The average molecular weight is 1010 g/mol. The molecule has 73 heavy (non-hydrogen) atoms. The predicted octanol–water partition coefficient (Wildman–Crippen LogP) is 14.9. The van der Waals surface area contributed by atoms with Gasteiger partial charge in [-0.15, -0.1) is 0 Å². The molecule has 0 aliphatic heterocycles. The van der Waals surface area contributed by atoms with E-state index in [0.29, 0.717) is 23.9 Å². The van der Waals surface area contributed by atoms with Crippen molar-refractivity contribution in [1.29, 1.82) is 0 Å². The van der Waals surface area contributed by atoms with Gasteiger partial charge in [0.2, 0.25) is 0 Å². The SMILES string of the molecule is CC/C=C\C/C=C\C/C=C\C/C=C\C/C=C\C/C=C\C/C=C\C/C=C\CCCCC(=O)OC(COC(=O)CCCCCCC/C=C\C/C=C\C/C=C\C/C=C\C/C=C\CC)COC(OCC[N+](C)(C)C)C(=O)[O-]. The third-order valence-corrected chi connectivity index (χ3v) is 10.8. The molecular weight excluding hydrogens is 911 g/mol. The van der Waals surface area contributed by atoms with Gasteiger partial charge in [0, 0.05) is 12.8 Å². The molecule has 9 heteroatoms. The van der Waals surface area contributed by atoms with Crippen LogP contribution >= 0.6 is 0 Å². The number of esters is 2. The lowest BCUT2D eigenvalue weighted by Gasteiger charge is -2.26. The van der Waals surface area contributed by atoms with Gasteiger partial charge in [-0.25, -0.2) is 0 Å². The predicted molar refractivity (Wildman–Crippen MR) is 305 cm³/mol. The van der Waals surface area contributed by atoms with Crippen molar-refractivity contribution in [1.82, 2.24) is 0 Å². The number of aliphatic carboxylic acids is 1. The average Bonchev–Trinajstić information content (AvgIpc) is 3.36. The molecule has 0 fully saturated rings. The van der Waals surface area contributed by atoms with Crippen molar-refractivity contribution in [2.45, 2.75) is 180 Å². The van der Waals surface area contributed by atoms with Gasteiger partial charge in [0.15, 0.2) is 12.4 Å². The highest BCUT2D eigenvalue weighted by Gasteiger charge is 2.21. The fourth-order valence-corrected chi connectivity index (χ4v) is 6.58. The number of unbranched alkanes of at least 4 members (excludes halogenated alkanes) is 7. The monoisotopic (exact) mass is 1010 g/mol. The van der Waals surface area contributed by atoms with Crippen molar-refractivity contribution in [2.75, 3.05) is 47.5 Å². The number of allylic oxidation sites excluding steroid dienone is 26. The molecule has 0 heterocycles. The van der Waals surface area contributed by atoms with Crippen LogP contribution in [0.25, 0.3) is 0 Å². The first-order valence-electron chi connectivity index (χ1n) is 27.6. The standard InChI is InChI=1S/C64H99NO8/c1-6-8-10-12-14-16-18-20-22-24-26-28-29-30-31-32-33-35-37-39-41-43-45-47-49-51-53-55-62(67)73-60(59-72-64(63(68)69)70-57-56-65(3,4)5)58-71-61(66)54-52-50-48-46-44-42-40-38-36-34-27-25-23-21-19-17-15-13-11-9-7-2/h8-11,14-17,20-23,26-28,30-31,33-35,38-41,45,47,60,64H,6-7,12-13,18-19,24-25,29,32,36-37,42-44,46,48-59H2,1-5H3/b10-8-,11-9-,16-14-,17-15-,22-20-,23-21-,28-26-,31-30-,34-27-,35-33-,40-38-,41-39-,47-45-. The number of hydrogen-bond donors (Lipinski definition) is 0. The first-order chi connectivity index (χ1) is 35.6. The van der Waals surface area contributed by atoms with Gasteiger partial charge in [0.05, 0.1) is 40.3 Å². The van der Waals surface area contributed by atoms with Crippen molar-refractivity contribution >= 4 is 17.9 Å². The molecule has 0 amide bonds. The normalized spacial score (nSPS) is 14.0. The Kier molecular flexibility index (Phi) is 49.5. The number of nitrogens with zero attached hydrogens (tertiary/aromatic N) is 1. The van der Waals surface area contributed by atoms with Crippen molar-refractivity contribution in [2.24, 2.45) is 0 Å². The zero-order valence-electron chi connectivity index (χ0n) is 46.2. The molecule has 0 saturated carbocycles. The van der Waals surface area contributed by atoms with Gasteiger partial charge >= 0.3 is 11.9 Å². The van der Waals surface area contributed by atoms with E-state index in [2.05, 4.69) is 172 Å². The fraction of sp³-hybridized carbons (Fsp3) is 0.547. The molecule has 0 rings (SSSR count). The first kappa shape index (κ1) is 67.9. The molecule has 0 N–H and O–H groups in total. The molecule has 408 valence electrons. The number of carbonyl (C=O) groups excluding carboxylic acids is 3. The maximum atomic E-state index is 12.8. The number of carboxylic acids is 1. The van der Waals surface area contributed by atoms with E-state index in [1.54, 1.807) is 0 Å². The largest absolute Gasteiger partial charge is 0.545 e. The lowest BCUT2D eigenvalue weighted by Crippen LogP contribution is -2.44. The van der Waals surface area contributed by atoms with E-state index in [1.165, 1.54) is 0 Å². The number of ether oxygens (including phenoxy) is 4. The van der Waals surface area contributed by atoms with E-state index in [9.17, 15) is 19.5 Å². The molecule has 0 spiro atoms. The summed E-state index contributed by atoms with van der Waals surface area (Å²) in [7, 11) is 5.88. The van der Waals surface area contributed by atoms with Crippen LogP contribution in [0.1, 0.15) is 168 Å². The number of hydrogen-bond acceptors (Lipinski definition) is 8. The van der Waals surface area contributed by atoms with E-state index < -0.39 is 30.3 Å². The first-order valence-corrected chi connectivity index (χ1v) is 27.6. The Morgan fingerprint density at radius 3 is 1.12 bits per heavy atom. The topological polar surface area (TPSA) is 111 Å². The fourth-order valence-electron chi connectivity index (χ4n) is 6.58. The third-order valence-electron chi connectivity index (χ3n) is 10.8. The molecule has 2 unspecified atom stereocenters. The summed E-state index contributed by atoms with van der Waals surface area (Å²) < 4.78 is 22.6. The number of carboxylic acid groups (broad SMARTS) is 1. The van der Waals surface area contributed by atoms with E-state index in [1.807, 2.05) is 21.1 Å². The molecular formula is C64H99NO8. The Bertz CT molecular complexity index is 1750. The van der Waals surface area contributed by atoms with Crippen LogP contribution in [0.4, 0.5) is 0 Å². The molecule has 0 bridgehead atoms. The number of carbonyl (C=O) groups is 3. The maximum absolute atomic E-state index is 12.8. The second kappa shape index (κ2) is 53.2. The van der Waals surface area contributed by atoms with E-state index in [-0.39, 0.29) is 32.7 Å². The van der Waals surface area contributed by atoms with E-state index >= 15 is 0 Å². The molecule has 0 aliphatic rings. The maximum Gasteiger partial charge on any atom is 0.306 e. The van der Waals surface area contributed by atoms with Gasteiger partial charge in [0.25, 0.3) is 0 Å². The van der Waals surface area contributed by atoms with Crippen molar-refractivity contribution in [3.63, 3.8) is 0 Å². The summed E-state index contributed by atoms with van der Waals surface area (Å²) in [6, 6.07) is 0. The van der Waals surface area contributed by atoms with Gasteiger partial charge in [0.1, 0.15) is 13.2 Å². The Balaban J connectivity index is 4.48. The van der Waals surface area contributed by atoms with Crippen molar-refractivity contribution in [3.05, 3.63) is 158 Å². The molecule has 0 aliphatic carbocycles. The molecule has 0 aromatic rings. The lowest BCUT2D eigenvalue weighted by atomic mass is 10.1. The van der Waals surface area contributed by atoms with Crippen LogP contribution in [-0.2, 0) is 33.3 Å². The summed E-state index contributed by atoms with van der Waals surface area (Å²) in [6.45, 7) is 4.40. The van der Waals surface area contributed by atoms with Crippen LogP contribution in [0.15, 0.2) is 158 Å². The Morgan fingerprint density at radius 1 is 0.411 bits per heavy atom. The third kappa shape index (κ3) is 54.5.